The van der Waals surface area contributed by atoms with Gasteiger partial charge in [-0.2, -0.15) is 18.3 Å². The van der Waals surface area contributed by atoms with Crippen molar-refractivity contribution in [3.63, 3.8) is 0 Å². The molecule has 0 saturated carbocycles. The van der Waals surface area contributed by atoms with Crippen LogP contribution in [0.5, 0.6) is 0 Å². The Hall–Kier alpha value is -2.03. The van der Waals surface area contributed by atoms with E-state index in [1.807, 2.05) is 6.92 Å². The number of alkyl halides is 3. The van der Waals surface area contributed by atoms with Crippen molar-refractivity contribution in [2.45, 2.75) is 39.0 Å². The van der Waals surface area contributed by atoms with E-state index < -0.39 is 11.9 Å². The molecule has 6 nitrogen and oxygen atoms in total. The second-order valence-corrected chi connectivity index (χ2v) is 5.03. The molecule has 0 unspecified atom stereocenters. The molecule has 0 aliphatic carbocycles. The maximum absolute atomic E-state index is 12.7. The maximum Gasteiger partial charge on any atom is 0.433 e. The van der Waals surface area contributed by atoms with Gasteiger partial charge in [-0.3, -0.25) is 4.68 Å². The lowest BCUT2D eigenvalue weighted by molar-refractivity contribution is -0.141. The number of aryl methyl sites for hydroxylation is 1. The first-order valence-electron chi connectivity index (χ1n) is 6.82. The summed E-state index contributed by atoms with van der Waals surface area (Å²) in [5.74, 6) is 0.188. The van der Waals surface area contributed by atoms with E-state index >= 15 is 0 Å². The third kappa shape index (κ3) is 4.76. The largest absolute Gasteiger partial charge is 0.433 e. The summed E-state index contributed by atoms with van der Waals surface area (Å²) in [6.07, 6.45) is -1.06. The van der Waals surface area contributed by atoms with E-state index in [9.17, 15) is 13.2 Å². The van der Waals surface area contributed by atoms with Crippen molar-refractivity contribution in [3.8, 4) is 0 Å². The lowest BCUT2D eigenvalue weighted by Crippen LogP contribution is -2.32. The smallest absolute Gasteiger partial charge is 0.312 e. The minimum absolute atomic E-state index is 0.105. The Kier molecular flexibility index (Phi) is 5.07. The highest BCUT2D eigenvalue weighted by molar-refractivity contribution is 5.13. The molecule has 120 valence electrons. The number of nitrogens with one attached hydrogen (secondary N) is 1. The Labute approximate surface area is 125 Å². The average molecular weight is 314 g/mol. The van der Waals surface area contributed by atoms with Gasteiger partial charge in [0.15, 0.2) is 0 Å². The van der Waals surface area contributed by atoms with Crippen LogP contribution in [0.4, 0.5) is 13.2 Å². The van der Waals surface area contributed by atoms with Gasteiger partial charge in [0.25, 0.3) is 0 Å². The van der Waals surface area contributed by atoms with Crippen molar-refractivity contribution < 1.29 is 13.2 Å². The van der Waals surface area contributed by atoms with Crippen molar-refractivity contribution in [1.29, 1.82) is 0 Å². The first-order chi connectivity index (χ1) is 10.3. The second-order valence-electron chi connectivity index (χ2n) is 5.03. The number of halogens is 3. The summed E-state index contributed by atoms with van der Waals surface area (Å²) in [6, 6.07) is 1.05. The van der Waals surface area contributed by atoms with Crippen LogP contribution in [-0.2, 0) is 19.1 Å². The number of nitrogens with zero attached hydrogens (tertiary/aromatic N) is 5. The summed E-state index contributed by atoms with van der Waals surface area (Å²) >= 11 is 0. The molecule has 0 radical (unpaired) electrons. The van der Waals surface area contributed by atoms with Gasteiger partial charge < -0.3 is 5.32 Å². The predicted octanol–water partition coefficient (Wildman–Crippen LogP) is 1.62. The molecule has 0 bridgehead atoms. The predicted molar refractivity (Wildman–Crippen MR) is 73.0 cm³/mol. The van der Waals surface area contributed by atoms with Crippen LogP contribution in [-0.4, -0.2) is 37.3 Å². The van der Waals surface area contributed by atoms with Crippen molar-refractivity contribution >= 4 is 0 Å². The zero-order valence-corrected chi connectivity index (χ0v) is 12.3. The summed E-state index contributed by atoms with van der Waals surface area (Å²) in [4.78, 5) is 11.5. The normalized spacial score (nSPS) is 13.3. The fourth-order valence-electron chi connectivity index (χ4n) is 1.99. The lowest BCUT2D eigenvalue weighted by atomic mass is 10.2. The Morgan fingerprint density at radius 2 is 2.09 bits per heavy atom. The molecule has 0 spiro atoms. The number of hydrogen-bond donors (Lipinski definition) is 1. The van der Waals surface area contributed by atoms with Crippen LogP contribution in [0.25, 0.3) is 0 Å². The molecular formula is C13H17F3N6. The number of hydrogen-bond acceptors (Lipinski definition) is 5. The molecule has 2 heterocycles. The van der Waals surface area contributed by atoms with Gasteiger partial charge in [-0.25, -0.2) is 15.0 Å². The molecular weight excluding hydrogens is 297 g/mol. The molecule has 9 heteroatoms. The summed E-state index contributed by atoms with van der Waals surface area (Å²) < 4.78 is 39.7. The molecule has 0 amide bonds. The highest BCUT2D eigenvalue weighted by Gasteiger charge is 2.33. The van der Waals surface area contributed by atoms with Gasteiger partial charge in [0.1, 0.15) is 24.2 Å². The van der Waals surface area contributed by atoms with Crippen LogP contribution in [0.1, 0.15) is 24.1 Å². The van der Waals surface area contributed by atoms with Crippen molar-refractivity contribution in [2.75, 3.05) is 6.54 Å². The van der Waals surface area contributed by atoms with E-state index in [0.717, 1.165) is 6.07 Å². The van der Waals surface area contributed by atoms with Gasteiger partial charge >= 0.3 is 6.18 Å². The van der Waals surface area contributed by atoms with E-state index in [1.165, 1.54) is 13.3 Å². The van der Waals surface area contributed by atoms with Gasteiger partial charge in [-0.15, -0.1) is 0 Å². The highest BCUT2D eigenvalue weighted by atomic mass is 19.4. The average Bonchev–Trinajstić information content (AvgIpc) is 2.90. The Bertz CT molecular complexity index is 596. The molecule has 1 atom stereocenters. The molecule has 2 aromatic rings. The quantitative estimate of drug-likeness (QED) is 0.877. The summed E-state index contributed by atoms with van der Waals surface area (Å²) in [7, 11) is 0. The van der Waals surface area contributed by atoms with Crippen LogP contribution in [0.2, 0.25) is 0 Å². The molecule has 0 aliphatic rings. The first-order valence-corrected chi connectivity index (χ1v) is 6.82. The number of rotatable bonds is 6. The fourth-order valence-corrected chi connectivity index (χ4v) is 1.99. The van der Waals surface area contributed by atoms with Crippen LogP contribution in [0.3, 0.4) is 0 Å². The van der Waals surface area contributed by atoms with Crippen LogP contribution < -0.4 is 5.32 Å². The molecule has 2 aromatic heterocycles. The molecule has 0 saturated heterocycles. The van der Waals surface area contributed by atoms with E-state index in [4.69, 9.17) is 0 Å². The Morgan fingerprint density at radius 3 is 2.73 bits per heavy atom. The Morgan fingerprint density at radius 1 is 1.32 bits per heavy atom. The fraction of sp³-hybridized carbons (Fsp3) is 0.538. The minimum atomic E-state index is -4.45. The summed E-state index contributed by atoms with van der Waals surface area (Å²) in [6.45, 7) is 4.60. The molecule has 0 aromatic carbocycles. The third-order valence-corrected chi connectivity index (χ3v) is 2.96. The van der Waals surface area contributed by atoms with Crippen LogP contribution in [0.15, 0.2) is 18.7 Å². The molecule has 2 rings (SSSR count). The SMILES string of the molecule is Cc1cc(C(F)(F)F)nc(CCN[C@@H](C)Cn2cncn2)n1. The van der Waals surface area contributed by atoms with E-state index in [2.05, 4.69) is 25.4 Å². The maximum atomic E-state index is 12.7. The lowest BCUT2D eigenvalue weighted by Gasteiger charge is -2.13. The first kappa shape index (κ1) is 16.3. The standard InChI is InChI=1S/C13H17F3N6/c1-9-5-11(13(14,15)16)21-12(20-9)3-4-18-10(2)6-22-8-17-7-19-22/h5,7-8,10,18H,3-4,6H2,1-2H3/t10-/m0/s1. The van der Waals surface area contributed by atoms with Gasteiger partial charge in [0.2, 0.25) is 0 Å². The monoisotopic (exact) mass is 314 g/mol. The second kappa shape index (κ2) is 6.82. The van der Waals surface area contributed by atoms with Gasteiger partial charge in [-0.05, 0) is 19.9 Å². The highest BCUT2D eigenvalue weighted by Crippen LogP contribution is 2.27. The Balaban J connectivity index is 1.87. The molecule has 1 N–H and O–H groups in total. The van der Waals surface area contributed by atoms with Gasteiger partial charge in [0, 0.05) is 24.7 Å². The van der Waals surface area contributed by atoms with E-state index in [1.54, 1.807) is 11.0 Å². The van der Waals surface area contributed by atoms with E-state index in [0.29, 0.717) is 25.2 Å². The van der Waals surface area contributed by atoms with Crippen LogP contribution in [0, 0.1) is 6.92 Å². The molecule has 22 heavy (non-hydrogen) atoms. The topological polar surface area (TPSA) is 68.5 Å². The minimum Gasteiger partial charge on any atom is -0.312 e. The number of aromatic nitrogens is 5. The van der Waals surface area contributed by atoms with Gasteiger partial charge in [0.05, 0.1) is 6.54 Å². The van der Waals surface area contributed by atoms with E-state index in [-0.39, 0.29) is 11.9 Å². The van der Waals surface area contributed by atoms with Gasteiger partial charge in [-0.1, -0.05) is 0 Å². The van der Waals surface area contributed by atoms with Crippen molar-refractivity contribution in [1.82, 2.24) is 30.0 Å². The molecule has 0 aliphatic heterocycles. The van der Waals surface area contributed by atoms with Crippen LogP contribution >= 0.6 is 0 Å². The van der Waals surface area contributed by atoms with Crippen molar-refractivity contribution in [3.05, 3.63) is 35.9 Å². The molecule has 0 fully saturated rings. The summed E-state index contributed by atoms with van der Waals surface area (Å²) in [5, 5.41) is 7.19. The summed E-state index contributed by atoms with van der Waals surface area (Å²) in [5.41, 5.74) is -0.585. The van der Waals surface area contributed by atoms with Crippen molar-refractivity contribution in [2.24, 2.45) is 0 Å². The zero-order valence-electron chi connectivity index (χ0n) is 12.3. The zero-order chi connectivity index (χ0) is 16.2. The third-order valence-electron chi connectivity index (χ3n) is 2.96.